The molecule has 1 atom stereocenters. The van der Waals surface area contributed by atoms with Gasteiger partial charge in [-0.25, -0.2) is 5.43 Å². The van der Waals surface area contributed by atoms with Gasteiger partial charge in [-0.15, -0.1) is 0 Å². The highest BCUT2D eigenvalue weighted by Gasteiger charge is 2.36. The molecule has 1 amide bonds. The molecular formula is C28H33N3O. The number of hydrogen-bond acceptors (Lipinski definition) is 3. The smallest absolute Gasteiger partial charge is 0.271 e. The van der Waals surface area contributed by atoms with Crippen LogP contribution in [0.2, 0.25) is 0 Å². The van der Waals surface area contributed by atoms with Gasteiger partial charge in [-0.05, 0) is 91.3 Å². The Hall–Kier alpha value is -3.14. The Morgan fingerprint density at radius 3 is 2.66 bits per heavy atom. The zero-order valence-corrected chi connectivity index (χ0v) is 19.8. The quantitative estimate of drug-likeness (QED) is 0.377. The van der Waals surface area contributed by atoms with Gasteiger partial charge in [0.05, 0.1) is 6.21 Å². The molecule has 0 saturated heterocycles. The zero-order valence-electron chi connectivity index (χ0n) is 19.8. The molecule has 0 aromatic heterocycles. The van der Waals surface area contributed by atoms with E-state index in [1.54, 1.807) is 6.21 Å². The fraction of sp³-hybridized carbons (Fsp3) is 0.357. The second-order valence-electron chi connectivity index (χ2n) is 9.60. The third-order valence-electron chi connectivity index (χ3n) is 6.60. The topological polar surface area (TPSA) is 44.7 Å². The molecule has 1 unspecified atom stereocenters. The van der Waals surface area contributed by atoms with Gasteiger partial charge >= 0.3 is 0 Å². The number of rotatable bonds is 5. The van der Waals surface area contributed by atoms with Crippen molar-refractivity contribution in [1.82, 2.24) is 5.43 Å². The number of benzene rings is 3. The molecule has 1 aliphatic rings. The van der Waals surface area contributed by atoms with E-state index in [0.29, 0.717) is 11.5 Å². The summed E-state index contributed by atoms with van der Waals surface area (Å²) in [7, 11) is 0. The number of amides is 1. The van der Waals surface area contributed by atoms with E-state index in [1.807, 2.05) is 42.5 Å². The Morgan fingerprint density at radius 2 is 1.91 bits per heavy atom. The first-order valence-corrected chi connectivity index (χ1v) is 11.5. The summed E-state index contributed by atoms with van der Waals surface area (Å²) in [6.07, 6.45) is 4.02. The highest BCUT2D eigenvalue weighted by molar-refractivity contribution is 5.99. The Labute approximate surface area is 191 Å². The minimum atomic E-state index is -0.202. The van der Waals surface area contributed by atoms with Crippen molar-refractivity contribution in [3.05, 3.63) is 76.9 Å². The molecule has 3 aromatic rings. The third-order valence-corrected chi connectivity index (χ3v) is 6.60. The minimum Gasteiger partial charge on any atom is -0.366 e. The van der Waals surface area contributed by atoms with Gasteiger partial charge in [0.1, 0.15) is 0 Å². The van der Waals surface area contributed by atoms with Crippen LogP contribution in [0.1, 0.15) is 73.5 Å². The van der Waals surface area contributed by atoms with Crippen LogP contribution in [-0.2, 0) is 0 Å². The number of hydrazone groups is 1. The number of fused-ring (bicyclic) bond motifs is 2. The molecule has 32 heavy (non-hydrogen) atoms. The molecule has 0 radical (unpaired) electrons. The maximum atomic E-state index is 12.6. The fourth-order valence-electron chi connectivity index (χ4n) is 4.99. The maximum Gasteiger partial charge on any atom is 0.271 e. The van der Waals surface area contributed by atoms with Crippen molar-refractivity contribution >= 4 is 28.6 Å². The number of carbonyl (C=O) groups is 1. The summed E-state index contributed by atoms with van der Waals surface area (Å²) in [6.45, 7) is 12.4. The van der Waals surface area contributed by atoms with E-state index in [2.05, 4.69) is 62.2 Å². The van der Waals surface area contributed by atoms with Crippen LogP contribution in [0.5, 0.6) is 0 Å². The van der Waals surface area contributed by atoms with E-state index in [0.717, 1.165) is 35.7 Å². The lowest BCUT2D eigenvalue weighted by atomic mass is 9.79. The highest BCUT2D eigenvalue weighted by atomic mass is 16.2. The van der Waals surface area contributed by atoms with Crippen LogP contribution in [0.25, 0.3) is 10.8 Å². The van der Waals surface area contributed by atoms with Crippen LogP contribution in [0.4, 0.5) is 5.69 Å². The van der Waals surface area contributed by atoms with Crippen molar-refractivity contribution in [2.75, 3.05) is 11.4 Å². The van der Waals surface area contributed by atoms with Crippen LogP contribution >= 0.6 is 0 Å². The molecule has 0 saturated carbocycles. The fourth-order valence-corrected chi connectivity index (χ4v) is 4.99. The van der Waals surface area contributed by atoms with Crippen LogP contribution in [0, 0.1) is 6.92 Å². The molecule has 4 heteroatoms. The van der Waals surface area contributed by atoms with E-state index in [4.69, 9.17) is 0 Å². The Kier molecular flexibility index (Phi) is 6.05. The van der Waals surface area contributed by atoms with Gasteiger partial charge in [0.15, 0.2) is 0 Å². The van der Waals surface area contributed by atoms with Crippen LogP contribution in [-0.4, -0.2) is 24.2 Å². The van der Waals surface area contributed by atoms with Crippen molar-refractivity contribution < 1.29 is 4.79 Å². The van der Waals surface area contributed by atoms with Crippen LogP contribution in [0.3, 0.4) is 0 Å². The first-order valence-electron chi connectivity index (χ1n) is 11.5. The monoisotopic (exact) mass is 427 g/mol. The second kappa shape index (κ2) is 8.78. The zero-order chi connectivity index (χ0) is 22.9. The van der Waals surface area contributed by atoms with Crippen molar-refractivity contribution in [1.29, 1.82) is 0 Å². The van der Waals surface area contributed by atoms with Crippen molar-refractivity contribution in [3.63, 3.8) is 0 Å². The van der Waals surface area contributed by atoms with Crippen LogP contribution in [0.15, 0.2) is 59.7 Å². The van der Waals surface area contributed by atoms with Gasteiger partial charge in [-0.3, -0.25) is 4.79 Å². The standard InChI is InChI=1S/C28H33N3O/c1-6-13-31-26-14-19(2)24(16-25(26)20(3)17-28(31,4)5)18-29-30-27(32)23-12-11-21-9-7-8-10-22(21)15-23/h7-12,14-16,18,20H,6,13,17H2,1-5H3,(H,30,32)/b29-18-. The number of carbonyl (C=O) groups excluding carboxylic acids is 1. The summed E-state index contributed by atoms with van der Waals surface area (Å²) in [5.74, 6) is 0.278. The van der Waals surface area contributed by atoms with E-state index in [-0.39, 0.29) is 11.4 Å². The Morgan fingerprint density at radius 1 is 1.16 bits per heavy atom. The van der Waals surface area contributed by atoms with Crippen molar-refractivity contribution in [2.45, 2.75) is 58.9 Å². The molecule has 4 rings (SSSR count). The molecule has 166 valence electrons. The molecule has 3 aromatic carbocycles. The van der Waals surface area contributed by atoms with Gasteiger partial charge in [-0.2, -0.15) is 5.10 Å². The van der Waals surface area contributed by atoms with Gasteiger partial charge in [0.25, 0.3) is 5.91 Å². The maximum absolute atomic E-state index is 12.6. The lowest BCUT2D eigenvalue weighted by Gasteiger charge is -2.48. The van der Waals surface area contributed by atoms with Gasteiger partial charge in [0, 0.05) is 23.3 Å². The molecular weight excluding hydrogens is 394 g/mol. The van der Waals surface area contributed by atoms with Crippen LogP contribution < -0.4 is 10.3 Å². The lowest BCUT2D eigenvalue weighted by Crippen LogP contribution is -2.48. The molecule has 1 N–H and O–H groups in total. The molecule has 0 aliphatic carbocycles. The predicted octanol–water partition coefficient (Wildman–Crippen LogP) is 6.41. The first kappa shape index (κ1) is 22.1. The Balaban J connectivity index is 1.55. The number of nitrogens with one attached hydrogen (secondary N) is 1. The molecule has 0 spiro atoms. The minimum absolute atomic E-state index is 0.151. The summed E-state index contributed by atoms with van der Waals surface area (Å²) in [5, 5.41) is 6.44. The number of nitrogens with zero attached hydrogens (tertiary/aromatic N) is 2. The normalized spacial score (nSPS) is 17.5. The lowest BCUT2D eigenvalue weighted by molar-refractivity contribution is 0.0955. The predicted molar refractivity (Wildman–Crippen MR) is 135 cm³/mol. The summed E-state index contributed by atoms with van der Waals surface area (Å²) >= 11 is 0. The van der Waals surface area contributed by atoms with E-state index < -0.39 is 0 Å². The van der Waals surface area contributed by atoms with Crippen molar-refractivity contribution in [3.8, 4) is 0 Å². The average Bonchev–Trinajstić information content (AvgIpc) is 2.76. The van der Waals surface area contributed by atoms with E-state index in [9.17, 15) is 4.79 Å². The summed E-state index contributed by atoms with van der Waals surface area (Å²) in [4.78, 5) is 15.2. The van der Waals surface area contributed by atoms with Gasteiger partial charge in [-0.1, -0.05) is 44.2 Å². The molecule has 1 aliphatic heterocycles. The third kappa shape index (κ3) is 4.27. The number of aryl methyl sites for hydroxylation is 1. The van der Waals surface area contributed by atoms with E-state index >= 15 is 0 Å². The number of anilines is 1. The first-order chi connectivity index (χ1) is 15.3. The largest absolute Gasteiger partial charge is 0.366 e. The average molecular weight is 428 g/mol. The van der Waals surface area contributed by atoms with Gasteiger partial charge < -0.3 is 4.90 Å². The molecule has 0 bridgehead atoms. The Bertz CT molecular complexity index is 1180. The molecule has 1 heterocycles. The summed E-state index contributed by atoms with van der Waals surface area (Å²) < 4.78 is 0. The second-order valence-corrected chi connectivity index (χ2v) is 9.60. The van der Waals surface area contributed by atoms with Crippen molar-refractivity contribution in [2.24, 2.45) is 5.10 Å². The van der Waals surface area contributed by atoms with E-state index in [1.165, 1.54) is 16.8 Å². The van der Waals surface area contributed by atoms with Gasteiger partial charge in [0.2, 0.25) is 0 Å². The molecule has 4 nitrogen and oxygen atoms in total. The highest BCUT2D eigenvalue weighted by Crippen LogP contribution is 2.44. The summed E-state index contributed by atoms with van der Waals surface area (Å²) in [6, 6.07) is 18.3. The number of hydrogen-bond donors (Lipinski definition) is 1. The SMILES string of the molecule is CCCN1c2cc(C)c(/C=N\NC(=O)c3ccc4ccccc4c3)cc2C(C)CC1(C)C. The summed E-state index contributed by atoms with van der Waals surface area (Å²) in [5.41, 5.74) is 8.37. The molecule has 0 fully saturated rings.